The molecule has 6 nitrogen and oxygen atoms in total. The van der Waals surface area contributed by atoms with Crippen LogP contribution in [-0.4, -0.2) is 24.0 Å². The summed E-state index contributed by atoms with van der Waals surface area (Å²) in [6.45, 7) is -2.62. The number of hydrogen-bond donors (Lipinski definition) is 0. The fourth-order valence-corrected chi connectivity index (χ4v) is 3.03. The third-order valence-electron chi connectivity index (χ3n) is 4.16. The predicted molar refractivity (Wildman–Crippen MR) is 95.9 cm³/mol. The molecule has 0 spiro atoms. The summed E-state index contributed by atoms with van der Waals surface area (Å²) in [6.07, 6.45) is 4.09. The van der Waals surface area contributed by atoms with Gasteiger partial charge >= 0.3 is 6.61 Å². The number of nitrogens with zero attached hydrogens (tertiary/aromatic N) is 2. The zero-order valence-corrected chi connectivity index (χ0v) is 14.2. The summed E-state index contributed by atoms with van der Waals surface area (Å²) >= 11 is 0. The summed E-state index contributed by atoms with van der Waals surface area (Å²) in [7, 11) is 0. The lowest BCUT2D eigenvalue weighted by atomic mass is 10.0. The maximum Gasteiger partial charge on any atom is 0.387 e. The first-order valence-corrected chi connectivity index (χ1v) is 8.26. The quantitative estimate of drug-likeness (QED) is 0.447. The van der Waals surface area contributed by atoms with Gasteiger partial charge in [-0.05, 0) is 36.1 Å². The molecule has 0 aromatic heterocycles. The highest BCUT2D eigenvalue weighted by atomic mass is 19.3. The average molecular weight is 374 g/mol. The summed E-state index contributed by atoms with van der Waals surface area (Å²) in [5.41, 5.74) is 1.52. The van der Waals surface area contributed by atoms with E-state index in [-0.39, 0.29) is 11.4 Å². The molecule has 0 fully saturated rings. The van der Waals surface area contributed by atoms with Gasteiger partial charge in [-0.1, -0.05) is 24.3 Å². The van der Waals surface area contributed by atoms with Crippen LogP contribution in [0, 0.1) is 10.1 Å². The van der Waals surface area contributed by atoms with Gasteiger partial charge in [0, 0.05) is 24.8 Å². The summed E-state index contributed by atoms with van der Waals surface area (Å²) in [6, 6.07) is 10.6. The third-order valence-corrected chi connectivity index (χ3v) is 4.16. The lowest BCUT2D eigenvalue weighted by Crippen LogP contribution is -2.34. The van der Waals surface area contributed by atoms with Gasteiger partial charge in [-0.2, -0.15) is 8.78 Å². The zero-order chi connectivity index (χ0) is 19.4. The van der Waals surface area contributed by atoms with Crippen molar-refractivity contribution in [2.75, 3.05) is 11.4 Å². The number of carbonyl (C=O) groups is 1. The Bertz CT molecular complexity index is 899. The van der Waals surface area contributed by atoms with E-state index in [1.165, 1.54) is 41.3 Å². The van der Waals surface area contributed by atoms with Crippen molar-refractivity contribution in [3.05, 3.63) is 69.8 Å². The first-order valence-electron chi connectivity index (χ1n) is 8.26. The Kier molecular flexibility index (Phi) is 5.44. The molecule has 140 valence electrons. The third kappa shape index (κ3) is 4.28. The van der Waals surface area contributed by atoms with Crippen LogP contribution in [0.15, 0.2) is 48.5 Å². The fourth-order valence-electron chi connectivity index (χ4n) is 3.03. The Labute approximate surface area is 153 Å². The highest BCUT2D eigenvalue weighted by Gasteiger charge is 2.26. The van der Waals surface area contributed by atoms with Crippen molar-refractivity contribution in [1.82, 2.24) is 0 Å². The number of fused-ring (bicyclic) bond motifs is 1. The smallest absolute Gasteiger partial charge is 0.387 e. The molecule has 0 N–H and O–H groups in total. The second-order valence-electron chi connectivity index (χ2n) is 5.92. The predicted octanol–water partition coefficient (Wildman–Crippen LogP) is 4.19. The molecule has 1 amide bonds. The second-order valence-corrected chi connectivity index (χ2v) is 5.92. The van der Waals surface area contributed by atoms with Gasteiger partial charge in [0.1, 0.15) is 5.75 Å². The van der Waals surface area contributed by atoms with E-state index in [0.29, 0.717) is 30.6 Å². The van der Waals surface area contributed by atoms with Gasteiger partial charge in [0.15, 0.2) is 0 Å². The number of ether oxygens (including phenoxy) is 1. The molecule has 2 aromatic rings. The van der Waals surface area contributed by atoms with Gasteiger partial charge < -0.3 is 9.64 Å². The topological polar surface area (TPSA) is 72.7 Å². The number of para-hydroxylation sites is 1. The number of nitro benzene ring substituents is 1. The minimum atomic E-state index is -2.99. The van der Waals surface area contributed by atoms with E-state index in [1.807, 2.05) is 0 Å². The van der Waals surface area contributed by atoms with Crippen molar-refractivity contribution in [2.24, 2.45) is 0 Å². The minimum Gasteiger partial charge on any atom is -0.433 e. The van der Waals surface area contributed by atoms with Gasteiger partial charge in [-0.3, -0.25) is 14.9 Å². The van der Waals surface area contributed by atoms with Gasteiger partial charge in [0.25, 0.3) is 11.6 Å². The molecular formula is C19H16F2N2O4. The Morgan fingerprint density at radius 2 is 2.04 bits per heavy atom. The van der Waals surface area contributed by atoms with Crippen LogP contribution in [0.2, 0.25) is 0 Å². The summed E-state index contributed by atoms with van der Waals surface area (Å²) < 4.78 is 30.0. The standard InChI is InChI=1S/C19H16F2N2O4/c20-19(21)27-16-8-2-5-14-6-3-11-22(18(14)16)17(24)10-9-13-4-1-7-15(12-13)23(25)26/h1-2,4-5,7-10,12,19H,3,6,11H2/b10-9+. The molecule has 0 radical (unpaired) electrons. The molecule has 27 heavy (non-hydrogen) atoms. The number of anilines is 1. The molecule has 0 saturated carbocycles. The van der Waals surface area contributed by atoms with Gasteiger partial charge in [-0.25, -0.2) is 0 Å². The summed E-state index contributed by atoms with van der Waals surface area (Å²) in [4.78, 5) is 24.4. The lowest BCUT2D eigenvalue weighted by Gasteiger charge is -2.30. The monoisotopic (exact) mass is 374 g/mol. The number of amides is 1. The lowest BCUT2D eigenvalue weighted by molar-refractivity contribution is -0.384. The maximum absolute atomic E-state index is 12.7. The van der Waals surface area contributed by atoms with Crippen molar-refractivity contribution in [2.45, 2.75) is 19.5 Å². The number of aryl methyl sites for hydroxylation is 1. The maximum atomic E-state index is 12.7. The minimum absolute atomic E-state index is 0.0423. The van der Waals surface area contributed by atoms with Crippen molar-refractivity contribution < 1.29 is 23.2 Å². The van der Waals surface area contributed by atoms with E-state index >= 15 is 0 Å². The van der Waals surface area contributed by atoms with Crippen molar-refractivity contribution >= 4 is 23.4 Å². The van der Waals surface area contributed by atoms with E-state index in [4.69, 9.17) is 0 Å². The number of hydrogen-bond acceptors (Lipinski definition) is 4. The number of nitro groups is 1. The molecule has 0 bridgehead atoms. The summed E-state index contributed by atoms with van der Waals surface area (Å²) in [5, 5.41) is 10.8. The Morgan fingerprint density at radius 3 is 2.78 bits per heavy atom. The molecule has 8 heteroatoms. The molecule has 0 aliphatic carbocycles. The van der Waals surface area contributed by atoms with Gasteiger partial charge in [0.05, 0.1) is 10.6 Å². The largest absolute Gasteiger partial charge is 0.433 e. The van der Waals surface area contributed by atoms with E-state index < -0.39 is 17.4 Å². The van der Waals surface area contributed by atoms with Crippen LogP contribution >= 0.6 is 0 Å². The van der Waals surface area contributed by atoms with Crippen LogP contribution in [0.4, 0.5) is 20.2 Å². The molecule has 0 saturated heterocycles. The second kappa shape index (κ2) is 7.94. The Morgan fingerprint density at radius 1 is 1.26 bits per heavy atom. The van der Waals surface area contributed by atoms with Gasteiger partial charge in [-0.15, -0.1) is 0 Å². The molecule has 2 aromatic carbocycles. The first kappa shape index (κ1) is 18.5. The van der Waals surface area contributed by atoms with Gasteiger partial charge in [0.2, 0.25) is 0 Å². The van der Waals surface area contributed by atoms with E-state index in [2.05, 4.69) is 4.74 Å². The highest BCUT2D eigenvalue weighted by Crippen LogP contribution is 2.37. The molecular weight excluding hydrogens is 358 g/mol. The van der Waals surface area contributed by atoms with E-state index in [9.17, 15) is 23.7 Å². The van der Waals surface area contributed by atoms with Crippen molar-refractivity contribution in [3.8, 4) is 5.75 Å². The molecule has 1 aliphatic heterocycles. The molecule has 1 heterocycles. The molecule has 3 rings (SSSR count). The van der Waals surface area contributed by atoms with Crippen molar-refractivity contribution in [3.63, 3.8) is 0 Å². The average Bonchev–Trinajstić information content (AvgIpc) is 2.65. The molecule has 1 aliphatic rings. The van der Waals surface area contributed by atoms with Crippen LogP contribution in [0.1, 0.15) is 17.5 Å². The highest BCUT2D eigenvalue weighted by molar-refractivity contribution is 6.05. The Balaban J connectivity index is 1.87. The molecule has 0 atom stereocenters. The van der Waals surface area contributed by atoms with Crippen LogP contribution in [0.3, 0.4) is 0 Å². The molecule has 0 unspecified atom stereocenters. The number of non-ortho nitro benzene ring substituents is 1. The number of rotatable bonds is 5. The number of alkyl halides is 2. The number of carbonyl (C=O) groups excluding carboxylic acids is 1. The zero-order valence-electron chi connectivity index (χ0n) is 14.2. The van der Waals surface area contributed by atoms with Crippen LogP contribution < -0.4 is 9.64 Å². The fraction of sp³-hybridized carbons (Fsp3) is 0.211. The van der Waals surface area contributed by atoms with Crippen LogP contribution in [0.5, 0.6) is 5.75 Å². The normalized spacial score (nSPS) is 13.7. The number of halogens is 2. The first-order chi connectivity index (χ1) is 13.0. The van der Waals surface area contributed by atoms with E-state index in [0.717, 1.165) is 5.56 Å². The Hall–Kier alpha value is -3.29. The van der Waals surface area contributed by atoms with E-state index in [1.54, 1.807) is 18.2 Å². The summed E-state index contributed by atoms with van der Waals surface area (Å²) in [5.74, 6) is -0.452. The number of benzene rings is 2. The SMILES string of the molecule is O=C(/C=C/c1cccc([N+](=O)[O-])c1)N1CCCc2cccc(OC(F)F)c21. The van der Waals surface area contributed by atoms with Crippen LogP contribution in [0.25, 0.3) is 6.08 Å². The van der Waals surface area contributed by atoms with Crippen molar-refractivity contribution in [1.29, 1.82) is 0 Å². The van der Waals surface area contributed by atoms with Crippen LogP contribution in [-0.2, 0) is 11.2 Å².